The van der Waals surface area contributed by atoms with E-state index in [1.54, 1.807) is 7.11 Å². The lowest BCUT2D eigenvalue weighted by molar-refractivity contribution is 0.113. The first kappa shape index (κ1) is 13.4. The number of benzene rings is 1. The summed E-state index contributed by atoms with van der Waals surface area (Å²) in [5.41, 5.74) is 2.64. The molecule has 3 nitrogen and oxygen atoms in total. The van der Waals surface area contributed by atoms with Crippen molar-refractivity contribution < 1.29 is 9.47 Å². The fourth-order valence-electron chi connectivity index (χ4n) is 2.47. The van der Waals surface area contributed by atoms with E-state index < -0.39 is 0 Å². The van der Waals surface area contributed by atoms with Crippen LogP contribution in [0.15, 0.2) is 18.2 Å². The average Bonchev–Trinajstić information content (AvgIpc) is 2.63. The molecule has 1 N–H and O–H groups in total. The summed E-state index contributed by atoms with van der Waals surface area (Å²) in [6.45, 7) is 7.88. The molecule has 0 spiro atoms. The summed E-state index contributed by atoms with van der Waals surface area (Å²) in [6.07, 6.45) is 0.987. The molecule has 0 amide bonds. The van der Waals surface area contributed by atoms with Gasteiger partial charge in [-0.2, -0.15) is 0 Å². The van der Waals surface area contributed by atoms with Gasteiger partial charge in [-0.25, -0.2) is 0 Å². The Morgan fingerprint density at radius 3 is 3.00 bits per heavy atom. The highest BCUT2D eigenvalue weighted by Gasteiger charge is 2.29. The van der Waals surface area contributed by atoms with Crippen LogP contribution >= 0.6 is 0 Å². The van der Waals surface area contributed by atoms with Gasteiger partial charge in [-0.15, -0.1) is 0 Å². The number of methoxy groups -OCH3 is 1. The molecular formula is C15H23NO2. The molecular weight excluding hydrogens is 226 g/mol. The third-order valence-corrected chi connectivity index (χ3v) is 3.72. The molecule has 1 aliphatic heterocycles. The van der Waals surface area contributed by atoms with Gasteiger partial charge in [0.2, 0.25) is 0 Å². The van der Waals surface area contributed by atoms with Gasteiger partial charge in [0.25, 0.3) is 0 Å². The number of aryl methyl sites for hydroxylation is 1. The second kappa shape index (κ2) is 5.72. The molecule has 3 heteroatoms. The largest absolute Gasteiger partial charge is 0.496 e. The average molecular weight is 249 g/mol. The Kier molecular flexibility index (Phi) is 4.25. The third kappa shape index (κ3) is 2.68. The fourth-order valence-corrected chi connectivity index (χ4v) is 2.47. The van der Waals surface area contributed by atoms with E-state index >= 15 is 0 Å². The molecule has 0 radical (unpaired) electrons. The number of ether oxygens (including phenoxy) is 2. The quantitative estimate of drug-likeness (QED) is 0.890. The molecule has 0 bridgehead atoms. The zero-order chi connectivity index (χ0) is 13.0. The van der Waals surface area contributed by atoms with Crippen molar-refractivity contribution in [2.45, 2.75) is 25.7 Å². The molecule has 1 aliphatic rings. The standard InChI is InChI=1S/C15H23NO2/c1-4-12-9-13(5-6-14(12)17-3)15(2)10-16-7-8-18-11-15/h5-6,9,16H,4,7-8,10-11H2,1-3H3. The van der Waals surface area contributed by atoms with Crippen LogP contribution in [0.3, 0.4) is 0 Å². The Bertz CT molecular complexity index is 395. The van der Waals surface area contributed by atoms with Crippen molar-refractivity contribution in [2.24, 2.45) is 0 Å². The number of hydrogen-bond donors (Lipinski definition) is 1. The Hall–Kier alpha value is -1.06. The van der Waals surface area contributed by atoms with Crippen molar-refractivity contribution >= 4 is 0 Å². The number of hydrogen-bond acceptors (Lipinski definition) is 3. The van der Waals surface area contributed by atoms with Gasteiger partial charge in [-0.1, -0.05) is 26.0 Å². The van der Waals surface area contributed by atoms with E-state index in [0.29, 0.717) is 0 Å². The van der Waals surface area contributed by atoms with E-state index in [-0.39, 0.29) is 5.41 Å². The van der Waals surface area contributed by atoms with Crippen LogP contribution in [0.1, 0.15) is 25.0 Å². The molecule has 1 unspecified atom stereocenters. The number of rotatable bonds is 3. The minimum absolute atomic E-state index is 0.0483. The van der Waals surface area contributed by atoms with Gasteiger partial charge in [-0.3, -0.25) is 0 Å². The highest BCUT2D eigenvalue weighted by atomic mass is 16.5. The summed E-state index contributed by atoms with van der Waals surface area (Å²) in [5.74, 6) is 0.979. The Morgan fingerprint density at radius 1 is 1.44 bits per heavy atom. The van der Waals surface area contributed by atoms with Crippen LogP contribution in [0.4, 0.5) is 0 Å². The summed E-state index contributed by atoms with van der Waals surface area (Å²) in [6, 6.07) is 6.49. The first-order chi connectivity index (χ1) is 8.69. The lowest BCUT2D eigenvalue weighted by atomic mass is 9.82. The SMILES string of the molecule is CCc1cc(C2(C)CNCCOC2)ccc1OC. The van der Waals surface area contributed by atoms with Crippen LogP contribution in [-0.4, -0.2) is 33.4 Å². The molecule has 1 fully saturated rings. The molecule has 2 rings (SSSR count). The third-order valence-electron chi connectivity index (χ3n) is 3.72. The summed E-state index contributed by atoms with van der Waals surface area (Å²) in [4.78, 5) is 0. The van der Waals surface area contributed by atoms with Crippen LogP contribution in [0, 0.1) is 0 Å². The molecule has 0 aliphatic carbocycles. The second-order valence-corrected chi connectivity index (χ2v) is 5.17. The normalized spacial score (nSPS) is 24.6. The molecule has 1 saturated heterocycles. The first-order valence-electron chi connectivity index (χ1n) is 6.65. The molecule has 1 atom stereocenters. The maximum atomic E-state index is 5.70. The van der Waals surface area contributed by atoms with Gasteiger partial charge in [-0.05, 0) is 23.6 Å². The Morgan fingerprint density at radius 2 is 2.28 bits per heavy atom. The molecule has 100 valence electrons. The van der Waals surface area contributed by atoms with Crippen LogP contribution in [0.25, 0.3) is 0 Å². The maximum absolute atomic E-state index is 5.70. The van der Waals surface area contributed by atoms with Crippen molar-refractivity contribution in [3.05, 3.63) is 29.3 Å². The Balaban J connectivity index is 2.31. The minimum atomic E-state index is 0.0483. The lowest BCUT2D eigenvalue weighted by Crippen LogP contribution is -2.36. The predicted molar refractivity (Wildman–Crippen MR) is 73.4 cm³/mol. The topological polar surface area (TPSA) is 30.5 Å². The monoisotopic (exact) mass is 249 g/mol. The van der Waals surface area contributed by atoms with Gasteiger partial charge in [0, 0.05) is 18.5 Å². The van der Waals surface area contributed by atoms with E-state index in [9.17, 15) is 0 Å². The van der Waals surface area contributed by atoms with Gasteiger partial charge in [0.1, 0.15) is 5.75 Å². The number of nitrogens with one attached hydrogen (secondary N) is 1. The van der Waals surface area contributed by atoms with Gasteiger partial charge in [0.15, 0.2) is 0 Å². The molecule has 0 saturated carbocycles. The van der Waals surface area contributed by atoms with Crippen LogP contribution in [0.5, 0.6) is 5.75 Å². The van der Waals surface area contributed by atoms with E-state index in [4.69, 9.17) is 9.47 Å². The summed E-state index contributed by atoms with van der Waals surface area (Å²) >= 11 is 0. The predicted octanol–water partition coefficient (Wildman–Crippen LogP) is 2.14. The zero-order valence-electron chi connectivity index (χ0n) is 11.6. The van der Waals surface area contributed by atoms with E-state index in [2.05, 4.69) is 37.4 Å². The molecule has 1 aromatic rings. The second-order valence-electron chi connectivity index (χ2n) is 5.17. The lowest BCUT2D eigenvalue weighted by Gasteiger charge is -2.28. The molecule has 18 heavy (non-hydrogen) atoms. The van der Waals surface area contributed by atoms with Crippen molar-refractivity contribution in [3.63, 3.8) is 0 Å². The van der Waals surface area contributed by atoms with Crippen molar-refractivity contribution in [1.29, 1.82) is 0 Å². The first-order valence-corrected chi connectivity index (χ1v) is 6.65. The van der Waals surface area contributed by atoms with E-state index in [1.807, 2.05) is 0 Å². The summed E-state index contributed by atoms with van der Waals surface area (Å²) in [7, 11) is 1.73. The summed E-state index contributed by atoms with van der Waals surface area (Å²) < 4.78 is 11.1. The highest BCUT2D eigenvalue weighted by Crippen LogP contribution is 2.29. The van der Waals surface area contributed by atoms with Gasteiger partial charge >= 0.3 is 0 Å². The van der Waals surface area contributed by atoms with E-state index in [1.165, 1.54) is 11.1 Å². The van der Waals surface area contributed by atoms with Gasteiger partial charge in [0.05, 0.1) is 20.3 Å². The molecule has 1 aromatic carbocycles. The summed E-state index contributed by atoms with van der Waals surface area (Å²) in [5, 5.41) is 3.45. The van der Waals surface area contributed by atoms with Crippen molar-refractivity contribution in [2.75, 3.05) is 33.4 Å². The van der Waals surface area contributed by atoms with E-state index in [0.717, 1.165) is 38.5 Å². The van der Waals surface area contributed by atoms with Crippen LogP contribution in [-0.2, 0) is 16.6 Å². The van der Waals surface area contributed by atoms with Crippen molar-refractivity contribution in [3.8, 4) is 5.75 Å². The van der Waals surface area contributed by atoms with Gasteiger partial charge < -0.3 is 14.8 Å². The zero-order valence-corrected chi connectivity index (χ0v) is 11.6. The van der Waals surface area contributed by atoms with Crippen LogP contribution in [0.2, 0.25) is 0 Å². The highest BCUT2D eigenvalue weighted by molar-refractivity contribution is 5.40. The Labute approximate surface area is 109 Å². The molecule has 0 aromatic heterocycles. The minimum Gasteiger partial charge on any atom is -0.496 e. The van der Waals surface area contributed by atoms with Crippen LogP contribution < -0.4 is 10.1 Å². The maximum Gasteiger partial charge on any atom is 0.122 e. The van der Waals surface area contributed by atoms with Crippen molar-refractivity contribution in [1.82, 2.24) is 5.32 Å². The fraction of sp³-hybridized carbons (Fsp3) is 0.600. The smallest absolute Gasteiger partial charge is 0.122 e. The molecule has 1 heterocycles.